The predicted octanol–water partition coefficient (Wildman–Crippen LogP) is 3.08. The third-order valence-corrected chi connectivity index (χ3v) is 7.96. The van der Waals surface area contributed by atoms with Crippen LogP contribution in [0.5, 0.6) is 11.5 Å². The number of para-hydroxylation sites is 2. The van der Waals surface area contributed by atoms with Gasteiger partial charge in [0.2, 0.25) is 15.9 Å². The first-order chi connectivity index (χ1) is 17.7. The summed E-state index contributed by atoms with van der Waals surface area (Å²) >= 11 is 6.10. The molecule has 1 aliphatic rings. The highest BCUT2D eigenvalue weighted by Crippen LogP contribution is 2.34. The molecule has 4 rings (SSSR count). The van der Waals surface area contributed by atoms with Gasteiger partial charge >= 0.3 is 0 Å². The number of benzene rings is 3. The standard InChI is InChI=1S/C26H26ClN3O6S/c1-29(37(33,34)19-12-13-22(35-2)20(27)14-19)17-25(31)30-16-24(36-23-11-7-6-10-21(23)30)26(32)28-15-18-8-4-3-5-9-18/h3-14,24H,15-17H2,1-2H3,(H,28,32)/t24-/m1/s1. The Morgan fingerprint density at radius 1 is 1.11 bits per heavy atom. The first kappa shape index (κ1) is 26.5. The molecule has 194 valence electrons. The molecule has 0 saturated carbocycles. The van der Waals surface area contributed by atoms with Gasteiger partial charge in [-0.05, 0) is 35.9 Å². The van der Waals surface area contributed by atoms with E-state index in [1.165, 1.54) is 37.3 Å². The van der Waals surface area contributed by atoms with Gasteiger partial charge in [0.1, 0.15) is 11.5 Å². The number of methoxy groups -OCH3 is 1. The van der Waals surface area contributed by atoms with E-state index in [1.807, 2.05) is 30.3 Å². The zero-order valence-electron chi connectivity index (χ0n) is 20.3. The number of anilines is 1. The van der Waals surface area contributed by atoms with Crippen molar-refractivity contribution in [1.82, 2.24) is 9.62 Å². The summed E-state index contributed by atoms with van der Waals surface area (Å²) in [5.74, 6) is -0.206. The Labute approximate surface area is 220 Å². The van der Waals surface area contributed by atoms with Gasteiger partial charge in [-0.3, -0.25) is 9.59 Å². The molecule has 11 heteroatoms. The fourth-order valence-electron chi connectivity index (χ4n) is 3.85. The lowest BCUT2D eigenvalue weighted by atomic mass is 10.1. The molecule has 0 radical (unpaired) electrons. The van der Waals surface area contributed by atoms with Crippen LogP contribution in [0.4, 0.5) is 5.69 Å². The van der Waals surface area contributed by atoms with Gasteiger partial charge in [0, 0.05) is 13.6 Å². The van der Waals surface area contributed by atoms with Crippen molar-refractivity contribution in [3.63, 3.8) is 0 Å². The number of likely N-dealkylation sites (N-methyl/N-ethyl adjacent to an activating group) is 1. The van der Waals surface area contributed by atoms with Gasteiger partial charge in [0.05, 0.1) is 35.8 Å². The minimum absolute atomic E-state index is 0.0707. The third kappa shape index (κ3) is 5.87. The summed E-state index contributed by atoms with van der Waals surface area (Å²) in [7, 11) is -1.30. The van der Waals surface area contributed by atoms with Crippen molar-refractivity contribution in [2.75, 3.05) is 32.1 Å². The molecule has 9 nitrogen and oxygen atoms in total. The number of hydrogen-bond acceptors (Lipinski definition) is 6. The number of nitrogens with one attached hydrogen (secondary N) is 1. The topological polar surface area (TPSA) is 105 Å². The maximum absolute atomic E-state index is 13.4. The number of nitrogens with zero attached hydrogens (tertiary/aromatic N) is 2. The van der Waals surface area contributed by atoms with Gasteiger partial charge in [-0.2, -0.15) is 4.31 Å². The molecule has 1 atom stereocenters. The Balaban J connectivity index is 1.50. The van der Waals surface area contributed by atoms with Gasteiger partial charge < -0.3 is 19.7 Å². The molecule has 37 heavy (non-hydrogen) atoms. The average Bonchev–Trinajstić information content (AvgIpc) is 2.91. The van der Waals surface area contributed by atoms with E-state index in [4.69, 9.17) is 21.1 Å². The quantitative estimate of drug-likeness (QED) is 0.468. The van der Waals surface area contributed by atoms with E-state index in [1.54, 1.807) is 24.3 Å². The van der Waals surface area contributed by atoms with Crippen LogP contribution < -0.4 is 19.7 Å². The van der Waals surface area contributed by atoms with Crippen LogP contribution in [-0.2, 0) is 26.2 Å². The molecule has 0 spiro atoms. The number of amides is 2. The van der Waals surface area contributed by atoms with E-state index in [-0.39, 0.29) is 22.4 Å². The molecule has 1 N–H and O–H groups in total. The van der Waals surface area contributed by atoms with Crippen molar-refractivity contribution in [3.8, 4) is 11.5 Å². The molecule has 0 aromatic heterocycles. The Morgan fingerprint density at radius 3 is 2.51 bits per heavy atom. The summed E-state index contributed by atoms with van der Waals surface area (Å²) in [4.78, 5) is 27.5. The van der Waals surface area contributed by atoms with Crippen molar-refractivity contribution in [1.29, 1.82) is 0 Å². The van der Waals surface area contributed by atoms with Crippen molar-refractivity contribution >= 4 is 39.1 Å². The number of rotatable bonds is 8. The molecular weight excluding hydrogens is 518 g/mol. The molecule has 0 saturated heterocycles. The molecule has 0 unspecified atom stereocenters. The zero-order valence-corrected chi connectivity index (χ0v) is 21.8. The molecule has 2 amide bonds. The third-order valence-electron chi connectivity index (χ3n) is 5.87. The molecule has 0 bridgehead atoms. The molecule has 1 aliphatic heterocycles. The normalized spacial score (nSPS) is 15.0. The lowest BCUT2D eigenvalue weighted by Gasteiger charge is -2.35. The minimum Gasteiger partial charge on any atom is -0.495 e. The van der Waals surface area contributed by atoms with Gasteiger partial charge in [-0.25, -0.2) is 8.42 Å². The van der Waals surface area contributed by atoms with Crippen LogP contribution in [0, 0.1) is 0 Å². The second-order valence-corrected chi connectivity index (χ2v) is 10.8. The number of halogens is 1. The van der Waals surface area contributed by atoms with E-state index >= 15 is 0 Å². The number of fused-ring (bicyclic) bond motifs is 1. The Hall–Kier alpha value is -3.60. The SMILES string of the molecule is COc1ccc(S(=O)(=O)N(C)CC(=O)N2C[C@H](C(=O)NCc3ccccc3)Oc3ccccc32)cc1Cl. The summed E-state index contributed by atoms with van der Waals surface area (Å²) < 4.78 is 38.1. The monoisotopic (exact) mass is 543 g/mol. The van der Waals surface area contributed by atoms with Crippen LogP contribution in [0.3, 0.4) is 0 Å². The fraction of sp³-hybridized carbons (Fsp3) is 0.231. The van der Waals surface area contributed by atoms with Crippen molar-refractivity contribution < 1.29 is 27.5 Å². The Kier molecular flexibility index (Phi) is 8.01. The van der Waals surface area contributed by atoms with Crippen LogP contribution in [0.15, 0.2) is 77.7 Å². The van der Waals surface area contributed by atoms with Gasteiger partial charge in [-0.1, -0.05) is 54.1 Å². The van der Waals surface area contributed by atoms with Crippen LogP contribution in [0.1, 0.15) is 5.56 Å². The lowest BCUT2D eigenvalue weighted by molar-refractivity contribution is -0.128. The summed E-state index contributed by atoms with van der Waals surface area (Å²) in [5, 5.41) is 2.96. The van der Waals surface area contributed by atoms with E-state index in [0.29, 0.717) is 23.7 Å². The molecule has 3 aromatic rings. The average molecular weight is 544 g/mol. The molecule has 0 aliphatic carbocycles. The van der Waals surface area contributed by atoms with Gasteiger partial charge in [0.25, 0.3) is 5.91 Å². The van der Waals surface area contributed by atoms with Gasteiger partial charge in [0.15, 0.2) is 6.10 Å². The Morgan fingerprint density at radius 2 is 1.81 bits per heavy atom. The van der Waals surface area contributed by atoms with Crippen molar-refractivity contribution in [2.24, 2.45) is 0 Å². The minimum atomic E-state index is -4.03. The lowest BCUT2D eigenvalue weighted by Crippen LogP contribution is -2.52. The van der Waals surface area contributed by atoms with Crippen molar-refractivity contribution in [3.05, 3.63) is 83.4 Å². The molecular formula is C26H26ClN3O6S. The molecule has 0 fully saturated rings. The van der Waals surface area contributed by atoms with E-state index < -0.39 is 28.6 Å². The smallest absolute Gasteiger partial charge is 0.263 e. The summed E-state index contributed by atoms with van der Waals surface area (Å²) in [6.45, 7) is -0.224. The first-order valence-electron chi connectivity index (χ1n) is 11.4. The molecule has 3 aromatic carbocycles. The Bertz CT molecular complexity index is 1400. The highest BCUT2D eigenvalue weighted by atomic mass is 35.5. The summed E-state index contributed by atoms with van der Waals surface area (Å²) in [5.41, 5.74) is 1.38. The highest BCUT2D eigenvalue weighted by Gasteiger charge is 2.35. The number of ether oxygens (including phenoxy) is 2. The number of carbonyl (C=O) groups is 2. The van der Waals surface area contributed by atoms with Crippen LogP contribution in [-0.4, -0.2) is 57.9 Å². The maximum Gasteiger partial charge on any atom is 0.263 e. The zero-order chi connectivity index (χ0) is 26.6. The fourth-order valence-corrected chi connectivity index (χ4v) is 5.32. The summed E-state index contributed by atoms with van der Waals surface area (Å²) in [6.07, 6.45) is -0.968. The largest absolute Gasteiger partial charge is 0.495 e. The predicted molar refractivity (Wildman–Crippen MR) is 139 cm³/mol. The second-order valence-electron chi connectivity index (χ2n) is 8.34. The number of hydrogen-bond donors (Lipinski definition) is 1. The van der Waals surface area contributed by atoms with Crippen LogP contribution in [0.2, 0.25) is 5.02 Å². The maximum atomic E-state index is 13.4. The first-order valence-corrected chi connectivity index (χ1v) is 13.2. The van der Waals surface area contributed by atoms with E-state index in [2.05, 4.69) is 5.32 Å². The van der Waals surface area contributed by atoms with Crippen LogP contribution in [0.25, 0.3) is 0 Å². The second kappa shape index (κ2) is 11.2. The van der Waals surface area contributed by atoms with Gasteiger partial charge in [-0.15, -0.1) is 0 Å². The van der Waals surface area contributed by atoms with Crippen LogP contribution >= 0.6 is 11.6 Å². The number of sulfonamides is 1. The molecule has 1 heterocycles. The van der Waals surface area contributed by atoms with E-state index in [0.717, 1.165) is 9.87 Å². The van der Waals surface area contributed by atoms with Crippen molar-refractivity contribution in [2.45, 2.75) is 17.5 Å². The van der Waals surface area contributed by atoms with E-state index in [9.17, 15) is 18.0 Å². The summed E-state index contributed by atoms with van der Waals surface area (Å²) in [6, 6.07) is 20.3. The number of carbonyl (C=O) groups excluding carboxylic acids is 2. The highest BCUT2D eigenvalue weighted by molar-refractivity contribution is 7.89.